The Morgan fingerprint density at radius 1 is 1.28 bits per heavy atom. The van der Waals surface area contributed by atoms with Crippen LogP contribution in [0.25, 0.3) is 11.3 Å². The predicted octanol–water partition coefficient (Wildman–Crippen LogP) is 1.52. The second-order valence-corrected chi connectivity index (χ2v) is 3.93. The summed E-state index contributed by atoms with van der Waals surface area (Å²) in [7, 11) is 3.05. The monoisotopic (exact) mass is 268 g/mol. The number of ether oxygens (including phenoxy) is 2. The van der Waals surface area contributed by atoms with E-state index in [0.717, 1.165) is 0 Å². The SMILES string of the molecule is COc1ccc(-c2ncn(N)c2N)c(Cl)c1OC. The standard InChI is InChI=1S/C11H13ClN4O2/c1-17-7-4-3-6(8(12)10(7)18-2)9-11(13)16(14)5-15-9/h3-5H,13-14H2,1-2H3. The first kappa shape index (κ1) is 12.4. The molecule has 1 heterocycles. The van der Waals surface area contributed by atoms with E-state index in [0.29, 0.717) is 33.6 Å². The van der Waals surface area contributed by atoms with Gasteiger partial charge >= 0.3 is 0 Å². The van der Waals surface area contributed by atoms with Crippen LogP contribution in [0, 0.1) is 0 Å². The minimum Gasteiger partial charge on any atom is -0.493 e. The van der Waals surface area contributed by atoms with Crippen LogP contribution in [0.1, 0.15) is 0 Å². The molecule has 0 saturated heterocycles. The summed E-state index contributed by atoms with van der Waals surface area (Å²) in [6, 6.07) is 3.48. The lowest BCUT2D eigenvalue weighted by Crippen LogP contribution is -2.10. The minimum absolute atomic E-state index is 0.323. The number of hydrogen-bond donors (Lipinski definition) is 2. The van der Waals surface area contributed by atoms with Gasteiger partial charge in [0, 0.05) is 5.56 Å². The largest absolute Gasteiger partial charge is 0.493 e. The van der Waals surface area contributed by atoms with Crippen molar-refractivity contribution >= 4 is 17.4 Å². The number of rotatable bonds is 3. The van der Waals surface area contributed by atoms with E-state index in [1.54, 1.807) is 12.1 Å². The Hall–Kier alpha value is -2.08. The third-order valence-corrected chi connectivity index (χ3v) is 2.95. The Labute approximate surface area is 109 Å². The molecule has 0 aliphatic heterocycles. The lowest BCUT2D eigenvalue weighted by Gasteiger charge is -2.12. The first-order valence-corrected chi connectivity index (χ1v) is 5.46. The molecule has 0 radical (unpaired) electrons. The highest BCUT2D eigenvalue weighted by Gasteiger charge is 2.18. The van der Waals surface area contributed by atoms with Gasteiger partial charge < -0.3 is 21.1 Å². The van der Waals surface area contributed by atoms with Crippen molar-refractivity contribution in [1.82, 2.24) is 9.66 Å². The van der Waals surface area contributed by atoms with Crippen LogP contribution in [0.4, 0.5) is 5.82 Å². The van der Waals surface area contributed by atoms with Crippen LogP contribution < -0.4 is 21.1 Å². The molecule has 0 fully saturated rings. The topological polar surface area (TPSA) is 88.3 Å². The quantitative estimate of drug-likeness (QED) is 0.824. The molecule has 2 aromatic rings. The summed E-state index contributed by atoms with van der Waals surface area (Å²) in [5.41, 5.74) is 6.95. The zero-order chi connectivity index (χ0) is 13.3. The number of aromatic nitrogens is 2. The Kier molecular flexibility index (Phi) is 3.20. The molecule has 0 bridgehead atoms. The van der Waals surface area contributed by atoms with Crippen molar-refractivity contribution in [3.8, 4) is 22.8 Å². The summed E-state index contributed by atoms with van der Waals surface area (Å²) in [5.74, 6) is 6.88. The Morgan fingerprint density at radius 3 is 2.50 bits per heavy atom. The molecule has 4 N–H and O–H groups in total. The number of methoxy groups -OCH3 is 2. The normalized spacial score (nSPS) is 10.4. The molecular formula is C11H13ClN4O2. The number of halogens is 1. The summed E-state index contributed by atoms with van der Waals surface area (Å²) in [5, 5.41) is 0.377. The molecule has 0 aliphatic rings. The van der Waals surface area contributed by atoms with E-state index in [-0.39, 0.29) is 0 Å². The van der Waals surface area contributed by atoms with Crippen molar-refractivity contribution in [2.24, 2.45) is 0 Å². The fraction of sp³-hybridized carbons (Fsp3) is 0.182. The summed E-state index contributed by atoms with van der Waals surface area (Å²) in [6.07, 6.45) is 1.41. The van der Waals surface area contributed by atoms with Gasteiger partial charge in [-0.3, -0.25) is 0 Å². The molecule has 96 valence electrons. The van der Waals surface area contributed by atoms with Gasteiger partial charge in [0.15, 0.2) is 17.3 Å². The number of imidazole rings is 1. The van der Waals surface area contributed by atoms with Crippen LogP contribution in [-0.2, 0) is 0 Å². The van der Waals surface area contributed by atoms with Crippen LogP contribution in [0.5, 0.6) is 11.5 Å². The Bertz CT molecular complexity index is 583. The molecule has 6 nitrogen and oxygen atoms in total. The molecular weight excluding hydrogens is 256 g/mol. The molecule has 0 spiro atoms. The first-order chi connectivity index (χ1) is 8.60. The number of hydrogen-bond acceptors (Lipinski definition) is 5. The molecule has 0 unspecified atom stereocenters. The van der Waals surface area contributed by atoms with Crippen molar-refractivity contribution in [1.29, 1.82) is 0 Å². The fourth-order valence-corrected chi connectivity index (χ4v) is 1.97. The van der Waals surface area contributed by atoms with Crippen LogP contribution in [0.2, 0.25) is 5.02 Å². The molecule has 7 heteroatoms. The first-order valence-electron chi connectivity index (χ1n) is 5.08. The minimum atomic E-state index is 0.323. The van der Waals surface area contributed by atoms with Gasteiger partial charge in [0.2, 0.25) is 0 Å². The van der Waals surface area contributed by atoms with Gasteiger partial charge in [-0.25, -0.2) is 9.66 Å². The molecule has 1 aromatic heterocycles. The maximum atomic E-state index is 6.26. The second kappa shape index (κ2) is 4.66. The van der Waals surface area contributed by atoms with Gasteiger partial charge in [-0.1, -0.05) is 11.6 Å². The maximum Gasteiger partial charge on any atom is 0.180 e. The van der Waals surface area contributed by atoms with Gasteiger partial charge in [0.05, 0.1) is 19.2 Å². The van der Waals surface area contributed by atoms with E-state index in [9.17, 15) is 0 Å². The van der Waals surface area contributed by atoms with Crippen LogP contribution in [-0.4, -0.2) is 23.9 Å². The molecule has 2 rings (SSSR count). The van der Waals surface area contributed by atoms with E-state index in [1.165, 1.54) is 25.2 Å². The fourth-order valence-electron chi connectivity index (χ4n) is 1.65. The molecule has 0 saturated carbocycles. The third kappa shape index (κ3) is 1.80. The van der Waals surface area contributed by atoms with Gasteiger partial charge in [-0.15, -0.1) is 0 Å². The van der Waals surface area contributed by atoms with E-state index < -0.39 is 0 Å². The highest BCUT2D eigenvalue weighted by molar-refractivity contribution is 6.35. The summed E-state index contributed by atoms with van der Waals surface area (Å²) in [4.78, 5) is 4.11. The predicted molar refractivity (Wildman–Crippen MR) is 70.3 cm³/mol. The van der Waals surface area contributed by atoms with Crippen molar-refractivity contribution in [3.05, 3.63) is 23.5 Å². The number of nitrogen functional groups attached to an aromatic ring is 2. The van der Waals surface area contributed by atoms with Crippen LogP contribution in [0.3, 0.4) is 0 Å². The highest BCUT2D eigenvalue weighted by Crippen LogP contribution is 2.42. The number of anilines is 1. The summed E-state index contributed by atoms with van der Waals surface area (Å²) < 4.78 is 11.6. The van der Waals surface area contributed by atoms with Gasteiger partial charge in [-0.2, -0.15) is 0 Å². The van der Waals surface area contributed by atoms with Crippen LogP contribution >= 0.6 is 11.6 Å². The van der Waals surface area contributed by atoms with E-state index >= 15 is 0 Å². The van der Waals surface area contributed by atoms with Crippen molar-refractivity contribution in [3.63, 3.8) is 0 Å². The van der Waals surface area contributed by atoms with Gasteiger partial charge in [0.25, 0.3) is 0 Å². The average Bonchev–Trinajstić information content (AvgIpc) is 2.70. The van der Waals surface area contributed by atoms with Gasteiger partial charge in [-0.05, 0) is 12.1 Å². The maximum absolute atomic E-state index is 6.26. The van der Waals surface area contributed by atoms with Crippen molar-refractivity contribution < 1.29 is 9.47 Å². The zero-order valence-corrected chi connectivity index (χ0v) is 10.7. The highest BCUT2D eigenvalue weighted by atomic mass is 35.5. The lowest BCUT2D eigenvalue weighted by molar-refractivity contribution is 0.355. The second-order valence-electron chi connectivity index (χ2n) is 3.55. The summed E-state index contributed by atoms with van der Waals surface area (Å²) >= 11 is 6.26. The van der Waals surface area contributed by atoms with E-state index in [4.69, 9.17) is 32.7 Å². The zero-order valence-electron chi connectivity index (χ0n) is 9.98. The van der Waals surface area contributed by atoms with E-state index in [2.05, 4.69) is 4.98 Å². The number of nitrogens with two attached hydrogens (primary N) is 2. The smallest absolute Gasteiger partial charge is 0.180 e. The third-order valence-electron chi connectivity index (χ3n) is 2.57. The molecule has 1 aromatic carbocycles. The number of nitrogens with zero attached hydrogens (tertiary/aromatic N) is 2. The average molecular weight is 269 g/mol. The molecule has 0 atom stereocenters. The van der Waals surface area contributed by atoms with Gasteiger partial charge in [0.1, 0.15) is 12.0 Å². The molecule has 0 amide bonds. The Morgan fingerprint density at radius 2 is 2.00 bits per heavy atom. The molecule has 18 heavy (non-hydrogen) atoms. The van der Waals surface area contributed by atoms with Crippen LogP contribution in [0.15, 0.2) is 18.5 Å². The lowest BCUT2D eigenvalue weighted by atomic mass is 10.1. The van der Waals surface area contributed by atoms with Crippen molar-refractivity contribution in [2.45, 2.75) is 0 Å². The summed E-state index contributed by atoms with van der Waals surface area (Å²) in [6.45, 7) is 0. The molecule has 0 aliphatic carbocycles. The Balaban J connectivity index is 2.63. The number of benzene rings is 1. The van der Waals surface area contributed by atoms with Crippen molar-refractivity contribution in [2.75, 3.05) is 25.8 Å². The van der Waals surface area contributed by atoms with E-state index in [1.807, 2.05) is 0 Å².